The van der Waals surface area contributed by atoms with Crippen LogP contribution in [0.1, 0.15) is 26.7 Å². The van der Waals surface area contributed by atoms with Crippen molar-refractivity contribution < 1.29 is 9.59 Å². The van der Waals surface area contributed by atoms with Crippen LogP contribution in [0.4, 0.5) is 10.5 Å². The molecule has 0 atom stereocenters. The number of nitrogens with one attached hydrogen (secondary N) is 2. The molecule has 2 N–H and O–H groups in total. The number of benzene rings is 2. The number of carbonyl (C=O) groups excluding carboxylic acids is 2. The Morgan fingerprint density at radius 1 is 1.07 bits per heavy atom. The molecule has 3 rings (SSSR count). The maximum absolute atomic E-state index is 12.8. The number of carbonyl (C=O) groups is 2. The molecule has 2 aromatic carbocycles. The van der Waals surface area contributed by atoms with E-state index in [1.807, 2.05) is 61.5 Å². The van der Waals surface area contributed by atoms with Gasteiger partial charge >= 0.3 is 6.03 Å². The third-order valence-corrected chi connectivity index (χ3v) is 5.67. The molecule has 1 aliphatic heterocycles. The van der Waals surface area contributed by atoms with Crippen LogP contribution in [-0.2, 0) is 4.79 Å². The van der Waals surface area contributed by atoms with Gasteiger partial charge in [-0.1, -0.05) is 50.2 Å². The van der Waals surface area contributed by atoms with Gasteiger partial charge in [0.05, 0.1) is 5.69 Å². The summed E-state index contributed by atoms with van der Waals surface area (Å²) in [4.78, 5) is 29.3. The summed E-state index contributed by atoms with van der Waals surface area (Å²) in [5.74, 6) is 0.0812. The van der Waals surface area contributed by atoms with Crippen LogP contribution in [0.2, 0.25) is 0 Å². The number of rotatable bonds is 6. The van der Waals surface area contributed by atoms with E-state index in [2.05, 4.69) is 29.4 Å². The molecule has 0 unspecified atom stereocenters. The van der Waals surface area contributed by atoms with E-state index in [1.54, 1.807) is 0 Å². The Hall–Kier alpha value is -2.60. The monoisotopic (exact) mass is 410 g/mol. The van der Waals surface area contributed by atoms with Crippen molar-refractivity contribution in [3.63, 3.8) is 0 Å². The molecule has 6 nitrogen and oxygen atoms in total. The Labute approximate surface area is 179 Å². The summed E-state index contributed by atoms with van der Waals surface area (Å²) < 4.78 is 0. The molecule has 0 radical (unpaired) electrons. The lowest BCUT2D eigenvalue weighted by molar-refractivity contribution is -0.126. The summed E-state index contributed by atoms with van der Waals surface area (Å²) in [6.45, 7) is 7.08. The lowest BCUT2D eigenvalue weighted by Crippen LogP contribution is -2.46. The minimum Gasteiger partial charge on any atom is -0.355 e. The van der Waals surface area contributed by atoms with E-state index in [4.69, 9.17) is 0 Å². The largest absolute Gasteiger partial charge is 0.355 e. The number of hydrogen-bond acceptors (Lipinski definition) is 3. The highest BCUT2D eigenvalue weighted by molar-refractivity contribution is 6.01. The van der Waals surface area contributed by atoms with Crippen LogP contribution < -0.4 is 10.6 Å². The Bertz CT molecular complexity index is 880. The van der Waals surface area contributed by atoms with Gasteiger partial charge < -0.3 is 20.4 Å². The predicted octanol–water partition coefficient (Wildman–Crippen LogP) is 3.79. The van der Waals surface area contributed by atoms with Gasteiger partial charge in [-0.05, 0) is 43.8 Å². The molecular formula is C24H34N4O2. The van der Waals surface area contributed by atoms with E-state index in [1.165, 1.54) is 0 Å². The predicted molar refractivity (Wildman–Crippen MR) is 123 cm³/mol. The normalized spacial score (nSPS) is 15.4. The average molecular weight is 411 g/mol. The van der Waals surface area contributed by atoms with Crippen molar-refractivity contribution in [3.8, 4) is 0 Å². The molecule has 0 saturated carbocycles. The molecule has 1 aliphatic rings. The molecule has 1 fully saturated rings. The fourth-order valence-corrected chi connectivity index (χ4v) is 4.26. The first-order valence-corrected chi connectivity index (χ1v) is 10.7. The number of hydrogen-bond donors (Lipinski definition) is 2. The maximum Gasteiger partial charge on any atom is 0.321 e. The fourth-order valence-electron chi connectivity index (χ4n) is 4.26. The second-order valence-electron chi connectivity index (χ2n) is 9.34. The van der Waals surface area contributed by atoms with Gasteiger partial charge in [-0.2, -0.15) is 0 Å². The minimum absolute atomic E-state index is 0.0260. The van der Waals surface area contributed by atoms with Gasteiger partial charge in [-0.15, -0.1) is 0 Å². The molecule has 0 aliphatic carbocycles. The van der Waals surface area contributed by atoms with Gasteiger partial charge in [0, 0.05) is 37.5 Å². The second kappa shape index (κ2) is 9.47. The lowest BCUT2D eigenvalue weighted by Gasteiger charge is -2.33. The minimum atomic E-state index is -0.0997. The van der Waals surface area contributed by atoms with Crippen LogP contribution in [0.15, 0.2) is 42.5 Å². The van der Waals surface area contributed by atoms with Gasteiger partial charge in [-0.3, -0.25) is 4.79 Å². The Kier molecular flexibility index (Phi) is 6.98. The molecule has 0 bridgehead atoms. The Morgan fingerprint density at radius 2 is 1.73 bits per heavy atom. The number of urea groups is 1. The first kappa shape index (κ1) is 22.1. The maximum atomic E-state index is 12.8. The SMILES string of the molecule is CN(C)CC(C)(C)CNC(=O)C1CCN(C(=O)Nc2cccc3ccccc23)CC1. The van der Waals surface area contributed by atoms with Gasteiger partial charge in [-0.25, -0.2) is 4.79 Å². The van der Waals surface area contributed by atoms with Crippen molar-refractivity contribution in [2.75, 3.05) is 45.6 Å². The fraction of sp³-hybridized carbons (Fsp3) is 0.500. The molecule has 6 heteroatoms. The third-order valence-electron chi connectivity index (χ3n) is 5.67. The molecule has 30 heavy (non-hydrogen) atoms. The highest BCUT2D eigenvalue weighted by Gasteiger charge is 2.29. The van der Waals surface area contributed by atoms with Crippen molar-refractivity contribution >= 4 is 28.4 Å². The molecule has 1 heterocycles. The van der Waals surface area contributed by atoms with Crippen LogP contribution in [0.5, 0.6) is 0 Å². The van der Waals surface area contributed by atoms with Crippen molar-refractivity contribution in [1.82, 2.24) is 15.1 Å². The molecule has 0 spiro atoms. The topological polar surface area (TPSA) is 64.7 Å². The van der Waals surface area contributed by atoms with Crippen molar-refractivity contribution in [1.29, 1.82) is 0 Å². The van der Waals surface area contributed by atoms with E-state index in [0.29, 0.717) is 32.5 Å². The second-order valence-corrected chi connectivity index (χ2v) is 9.34. The van der Waals surface area contributed by atoms with Crippen molar-refractivity contribution in [3.05, 3.63) is 42.5 Å². The summed E-state index contributed by atoms with van der Waals surface area (Å²) in [6.07, 6.45) is 1.39. The molecular weight excluding hydrogens is 376 g/mol. The molecule has 0 aromatic heterocycles. The van der Waals surface area contributed by atoms with Crippen molar-refractivity contribution in [2.45, 2.75) is 26.7 Å². The van der Waals surface area contributed by atoms with Crippen LogP contribution >= 0.6 is 0 Å². The molecule has 162 valence electrons. The zero-order valence-corrected chi connectivity index (χ0v) is 18.6. The van der Waals surface area contributed by atoms with E-state index in [0.717, 1.165) is 23.0 Å². The van der Waals surface area contributed by atoms with Crippen LogP contribution in [-0.4, -0.2) is 62.0 Å². The zero-order chi connectivity index (χ0) is 21.7. The lowest BCUT2D eigenvalue weighted by atomic mass is 9.91. The summed E-state index contributed by atoms with van der Waals surface area (Å²) in [7, 11) is 4.09. The number of amides is 3. The zero-order valence-electron chi connectivity index (χ0n) is 18.6. The van der Waals surface area contributed by atoms with Crippen LogP contribution in [0.3, 0.4) is 0 Å². The number of anilines is 1. The van der Waals surface area contributed by atoms with Gasteiger partial charge in [0.15, 0.2) is 0 Å². The highest BCUT2D eigenvalue weighted by atomic mass is 16.2. The van der Waals surface area contributed by atoms with E-state index in [9.17, 15) is 9.59 Å². The van der Waals surface area contributed by atoms with E-state index < -0.39 is 0 Å². The van der Waals surface area contributed by atoms with Gasteiger partial charge in [0.1, 0.15) is 0 Å². The van der Waals surface area contributed by atoms with Gasteiger partial charge in [0.25, 0.3) is 0 Å². The van der Waals surface area contributed by atoms with Crippen LogP contribution in [0.25, 0.3) is 10.8 Å². The Morgan fingerprint density at radius 3 is 2.43 bits per heavy atom. The summed E-state index contributed by atoms with van der Waals surface area (Å²) in [6, 6.07) is 13.8. The van der Waals surface area contributed by atoms with E-state index in [-0.39, 0.29) is 23.3 Å². The summed E-state index contributed by atoms with van der Waals surface area (Å²) >= 11 is 0. The smallest absolute Gasteiger partial charge is 0.321 e. The molecule has 1 saturated heterocycles. The first-order valence-electron chi connectivity index (χ1n) is 10.7. The summed E-state index contributed by atoms with van der Waals surface area (Å²) in [5.41, 5.74) is 0.846. The summed E-state index contributed by atoms with van der Waals surface area (Å²) in [5, 5.41) is 8.29. The van der Waals surface area contributed by atoms with E-state index >= 15 is 0 Å². The number of likely N-dealkylation sites (tertiary alicyclic amines) is 1. The first-order chi connectivity index (χ1) is 14.2. The Balaban J connectivity index is 1.50. The standard InChI is InChI=1S/C24H34N4O2/c1-24(2,17-27(3)4)16-25-22(29)19-12-14-28(15-13-19)23(30)26-21-11-7-9-18-8-5-6-10-20(18)21/h5-11,19H,12-17H2,1-4H3,(H,25,29)(H,26,30). The molecule has 3 amide bonds. The van der Waals surface area contributed by atoms with Gasteiger partial charge in [0.2, 0.25) is 5.91 Å². The number of fused-ring (bicyclic) bond motifs is 1. The van der Waals surface area contributed by atoms with Crippen molar-refractivity contribution in [2.24, 2.45) is 11.3 Å². The third kappa shape index (κ3) is 5.72. The number of piperidine rings is 1. The average Bonchev–Trinajstić information content (AvgIpc) is 2.71. The van der Waals surface area contributed by atoms with Crippen LogP contribution in [0, 0.1) is 11.3 Å². The molecule has 2 aromatic rings. The quantitative estimate of drug-likeness (QED) is 0.762. The highest BCUT2D eigenvalue weighted by Crippen LogP contribution is 2.24. The number of nitrogens with zero attached hydrogens (tertiary/aromatic N) is 2.